The minimum Gasteiger partial charge on any atom is -0.497 e. The van der Waals surface area contributed by atoms with E-state index in [0.717, 1.165) is 61.4 Å². The van der Waals surface area contributed by atoms with Crippen molar-refractivity contribution in [3.8, 4) is 11.4 Å². The molecule has 5 aromatic rings. The molecule has 1 aromatic heterocycles. The van der Waals surface area contributed by atoms with E-state index in [9.17, 15) is 0 Å². The van der Waals surface area contributed by atoms with E-state index in [2.05, 4.69) is 57.3 Å². The molecule has 2 aliphatic rings. The number of rotatable bonds is 4. The van der Waals surface area contributed by atoms with Gasteiger partial charge in [-0.25, -0.2) is 14.7 Å². The monoisotopic (exact) mass is 588 g/mol. The zero-order chi connectivity index (χ0) is 27.2. The first-order valence-corrected chi connectivity index (χ1v) is 13.8. The molecule has 8 heteroatoms. The van der Waals surface area contributed by atoms with Gasteiger partial charge in [0.05, 0.1) is 35.9 Å². The van der Waals surface area contributed by atoms with Crippen LogP contribution in [0.3, 0.4) is 0 Å². The smallest absolute Gasteiger partial charge is 0.179 e. The van der Waals surface area contributed by atoms with Crippen molar-refractivity contribution in [3.63, 3.8) is 0 Å². The van der Waals surface area contributed by atoms with Crippen molar-refractivity contribution in [1.29, 1.82) is 0 Å². The SMILES string of the molecule is COc1cccc(NC2=Nc3ccccc3N3C2=Nc2c(c(C)nn2-c2ccccc2)[C@@H]3c2cccc(Br)c2)c1. The average Bonchev–Trinajstić information content (AvgIpc) is 3.32. The van der Waals surface area contributed by atoms with Crippen LogP contribution in [-0.4, -0.2) is 28.6 Å². The van der Waals surface area contributed by atoms with Crippen LogP contribution in [0, 0.1) is 6.92 Å². The molecule has 7 rings (SSSR count). The molecule has 0 amide bonds. The number of hydrogen-bond acceptors (Lipinski definition) is 6. The van der Waals surface area contributed by atoms with E-state index in [1.807, 2.05) is 83.5 Å². The second kappa shape index (κ2) is 9.81. The standard InChI is InChI=1S/C32H25BrN6O/c1-20-28-29(21-10-8-11-22(33)18-21)38-27-17-7-6-16-26(27)35-30(34-23-12-9-15-25(19-23)40-2)32(38)36-31(28)39(37-20)24-13-4-3-5-14-24/h3-19,29H,1-2H3,(H,34,35)/t29-/m0/s1. The van der Waals surface area contributed by atoms with Gasteiger partial charge < -0.3 is 15.0 Å². The fourth-order valence-corrected chi connectivity index (χ4v) is 5.79. The number of amidine groups is 2. The third kappa shape index (κ3) is 4.08. The first-order valence-electron chi connectivity index (χ1n) is 13.0. The van der Waals surface area contributed by atoms with Gasteiger partial charge in [-0.3, -0.25) is 0 Å². The molecule has 0 radical (unpaired) electrons. The number of nitrogens with zero attached hydrogens (tertiary/aromatic N) is 5. The lowest BCUT2D eigenvalue weighted by Crippen LogP contribution is -2.46. The van der Waals surface area contributed by atoms with E-state index >= 15 is 0 Å². The Hall–Kier alpha value is -4.69. The summed E-state index contributed by atoms with van der Waals surface area (Å²) in [6.07, 6.45) is 0. The molecule has 3 heterocycles. The molecule has 7 nitrogen and oxygen atoms in total. The van der Waals surface area contributed by atoms with Crippen LogP contribution in [0.15, 0.2) is 118 Å². The fourth-order valence-electron chi connectivity index (χ4n) is 5.38. The number of fused-ring (bicyclic) bond motifs is 4. The first kappa shape index (κ1) is 24.4. The van der Waals surface area contributed by atoms with Crippen LogP contribution in [0.5, 0.6) is 5.75 Å². The highest BCUT2D eigenvalue weighted by Gasteiger charge is 2.41. The topological polar surface area (TPSA) is 67.0 Å². The molecular weight excluding hydrogens is 564 g/mol. The van der Waals surface area contributed by atoms with E-state index in [4.69, 9.17) is 19.8 Å². The van der Waals surface area contributed by atoms with E-state index in [0.29, 0.717) is 5.84 Å². The molecule has 1 N–H and O–H groups in total. The number of nitrogens with one attached hydrogen (secondary N) is 1. The molecule has 40 heavy (non-hydrogen) atoms. The van der Waals surface area contributed by atoms with Gasteiger partial charge in [0.25, 0.3) is 0 Å². The summed E-state index contributed by atoms with van der Waals surface area (Å²) in [7, 11) is 1.66. The number of halogens is 1. The number of ether oxygens (including phenoxy) is 1. The van der Waals surface area contributed by atoms with Gasteiger partial charge in [0.2, 0.25) is 0 Å². The van der Waals surface area contributed by atoms with Crippen molar-refractivity contribution in [2.45, 2.75) is 13.0 Å². The quantitative estimate of drug-likeness (QED) is 0.233. The molecule has 0 unspecified atom stereocenters. The summed E-state index contributed by atoms with van der Waals surface area (Å²) in [4.78, 5) is 12.6. The second-order valence-electron chi connectivity index (χ2n) is 9.64. The summed E-state index contributed by atoms with van der Waals surface area (Å²) in [6, 6.07) is 34.4. The molecule has 4 aromatic carbocycles. The van der Waals surface area contributed by atoms with Crippen molar-refractivity contribution in [3.05, 3.63) is 124 Å². The third-order valence-electron chi connectivity index (χ3n) is 7.14. The molecule has 0 saturated heterocycles. The van der Waals surface area contributed by atoms with Crippen LogP contribution >= 0.6 is 15.9 Å². The highest BCUT2D eigenvalue weighted by Crippen LogP contribution is 2.48. The zero-order valence-corrected chi connectivity index (χ0v) is 23.5. The Morgan fingerprint density at radius 3 is 2.48 bits per heavy atom. The molecule has 0 spiro atoms. The summed E-state index contributed by atoms with van der Waals surface area (Å²) in [5.41, 5.74) is 6.77. The molecule has 0 aliphatic carbocycles. The predicted molar refractivity (Wildman–Crippen MR) is 164 cm³/mol. The van der Waals surface area contributed by atoms with Gasteiger partial charge in [-0.15, -0.1) is 0 Å². The van der Waals surface area contributed by atoms with Crippen molar-refractivity contribution in [2.24, 2.45) is 9.98 Å². The highest BCUT2D eigenvalue weighted by atomic mass is 79.9. The lowest BCUT2D eigenvalue weighted by Gasteiger charge is -2.40. The molecule has 1 atom stereocenters. The maximum Gasteiger partial charge on any atom is 0.179 e. The number of aliphatic imine (C=N–C) groups is 2. The lowest BCUT2D eigenvalue weighted by molar-refractivity contribution is 0.415. The Bertz CT molecular complexity index is 1810. The Labute approximate surface area is 240 Å². The number of methoxy groups -OCH3 is 1. The molecule has 2 aliphatic heterocycles. The summed E-state index contributed by atoms with van der Waals surface area (Å²) >= 11 is 3.70. The van der Waals surface area contributed by atoms with Gasteiger partial charge in [0.1, 0.15) is 5.75 Å². The molecule has 0 saturated carbocycles. The van der Waals surface area contributed by atoms with Gasteiger partial charge >= 0.3 is 0 Å². The average molecular weight is 589 g/mol. The van der Waals surface area contributed by atoms with Crippen LogP contribution in [-0.2, 0) is 0 Å². The number of anilines is 2. The number of aromatic nitrogens is 2. The van der Waals surface area contributed by atoms with Gasteiger partial charge in [-0.1, -0.05) is 64.5 Å². The zero-order valence-electron chi connectivity index (χ0n) is 21.9. The fraction of sp³-hybridized carbons (Fsp3) is 0.0938. The first-order chi connectivity index (χ1) is 19.6. The summed E-state index contributed by atoms with van der Waals surface area (Å²) in [6.45, 7) is 2.06. The maximum atomic E-state index is 5.47. The summed E-state index contributed by atoms with van der Waals surface area (Å²) in [5, 5.41) is 8.54. The van der Waals surface area contributed by atoms with Gasteiger partial charge in [0.15, 0.2) is 17.5 Å². The van der Waals surface area contributed by atoms with E-state index < -0.39 is 0 Å². The summed E-state index contributed by atoms with van der Waals surface area (Å²) < 4.78 is 8.42. The normalized spacial score (nSPS) is 15.4. The van der Waals surface area contributed by atoms with Crippen molar-refractivity contribution in [2.75, 3.05) is 17.3 Å². The largest absolute Gasteiger partial charge is 0.497 e. The molecular formula is C32H25BrN6O. The maximum absolute atomic E-state index is 5.47. The minimum atomic E-state index is -0.184. The van der Waals surface area contributed by atoms with E-state index in [1.54, 1.807) is 7.11 Å². The summed E-state index contributed by atoms with van der Waals surface area (Å²) in [5.74, 6) is 2.92. The Morgan fingerprint density at radius 2 is 1.65 bits per heavy atom. The van der Waals surface area contributed by atoms with Crippen LogP contribution < -0.4 is 15.0 Å². The molecule has 196 valence electrons. The number of para-hydroxylation sites is 3. The van der Waals surface area contributed by atoms with E-state index in [1.165, 1.54) is 0 Å². The van der Waals surface area contributed by atoms with Crippen molar-refractivity contribution in [1.82, 2.24) is 9.78 Å². The Balaban J connectivity index is 1.49. The van der Waals surface area contributed by atoms with Crippen LogP contribution in [0.25, 0.3) is 5.69 Å². The Morgan fingerprint density at radius 1 is 0.850 bits per heavy atom. The van der Waals surface area contributed by atoms with Crippen LogP contribution in [0.2, 0.25) is 0 Å². The Kier molecular flexibility index (Phi) is 5.97. The van der Waals surface area contributed by atoms with Gasteiger partial charge in [0, 0.05) is 21.8 Å². The highest BCUT2D eigenvalue weighted by molar-refractivity contribution is 9.10. The van der Waals surface area contributed by atoms with Crippen molar-refractivity contribution >= 4 is 50.5 Å². The number of benzene rings is 4. The molecule has 0 bridgehead atoms. The van der Waals surface area contributed by atoms with E-state index in [-0.39, 0.29) is 6.04 Å². The molecule has 0 fully saturated rings. The van der Waals surface area contributed by atoms with Gasteiger partial charge in [-0.05, 0) is 61.0 Å². The lowest BCUT2D eigenvalue weighted by atomic mass is 9.93. The van der Waals surface area contributed by atoms with Crippen molar-refractivity contribution < 1.29 is 4.74 Å². The van der Waals surface area contributed by atoms with Crippen LogP contribution in [0.4, 0.5) is 22.9 Å². The predicted octanol–water partition coefficient (Wildman–Crippen LogP) is 7.75. The number of aryl methyl sites for hydroxylation is 1. The van der Waals surface area contributed by atoms with Crippen LogP contribution in [0.1, 0.15) is 22.9 Å². The minimum absolute atomic E-state index is 0.184. The third-order valence-corrected chi connectivity index (χ3v) is 7.63. The number of hydrogen-bond donors (Lipinski definition) is 1. The second-order valence-corrected chi connectivity index (χ2v) is 10.6. The van der Waals surface area contributed by atoms with Gasteiger partial charge in [-0.2, -0.15) is 5.10 Å².